The molecular weight excluding hydrogens is 346 g/mol. The highest BCUT2D eigenvalue weighted by Gasteiger charge is 2.43. The van der Waals surface area contributed by atoms with Gasteiger partial charge >= 0.3 is 5.97 Å². The second kappa shape index (κ2) is 8.53. The SMILES string of the molecule is CCCC(C(=O)O)C(CC=CCC12CCC(CC1)C2)c1ccc(F)cc1F. The summed E-state index contributed by atoms with van der Waals surface area (Å²) < 4.78 is 27.7. The van der Waals surface area contributed by atoms with Gasteiger partial charge in [-0.25, -0.2) is 8.78 Å². The van der Waals surface area contributed by atoms with E-state index in [1.165, 1.54) is 44.2 Å². The van der Waals surface area contributed by atoms with Gasteiger partial charge in [0.1, 0.15) is 11.6 Å². The van der Waals surface area contributed by atoms with Crippen LogP contribution in [0.2, 0.25) is 0 Å². The highest BCUT2D eigenvalue weighted by atomic mass is 19.1. The van der Waals surface area contributed by atoms with Crippen LogP contribution in [-0.2, 0) is 4.79 Å². The summed E-state index contributed by atoms with van der Waals surface area (Å²) in [6.45, 7) is 1.93. The normalized spacial score (nSPS) is 26.6. The van der Waals surface area contributed by atoms with E-state index in [1.807, 2.05) is 13.0 Å². The average molecular weight is 376 g/mol. The van der Waals surface area contributed by atoms with Crippen LogP contribution in [0, 0.1) is 28.9 Å². The molecule has 27 heavy (non-hydrogen) atoms. The third kappa shape index (κ3) is 4.59. The van der Waals surface area contributed by atoms with Gasteiger partial charge in [0.15, 0.2) is 0 Å². The molecule has 0 saturated heterocycles. The quantitative estimate of drug-likeness (QED) is 0.502. The molecule has 1 aromatic rings. The number of carbonyl (C=O) groups is 1. The van der Waals surface area contributed by atoms with Crippen molar-refractivity contribution in [3.63, 3.8) is 0 Å². The molecule has 0 aliphatic heterocycles. The molecule has 0 heterocycles. The zero-order chi connectivity index (χ0) is 19.4. The molecule has 2 atom stereocenters. The number of fused-ring (bicyclic) bond motifs is 2. The summed E-state index contributed by atoms with van der Waals surface area (Å²) in [5.74, 6) is -2.43. The molecule has 2 nitrogen and oxygen atoms in total. The summed E-state index contributed by atoms with van der Waals surface area (Å²) in [5, 5.41) is 9.67. The molecule has 0 spiro atoms. The van der Waals surface area contributed by atoms with E-state index in [9.17, 15) is 18.7 Å². The van der Waals surface area contributed by atoms with Crippen molar-refractivity contribution in [2.24, 2.45) is 17.3 Å². The first-order chi connectivity index (χ1) is 12.9. The van der Waals surface area contributed by atoms with E-state index in [4.69, 9.17) is 0 Å². The van der Waals surface area contributed by atoms with Crippen molar-refractivity contribution in [3.05, 3.63) is 47.5 Å². The second-order valence-electron chi connectivity index (χ2n) is 8.56. The number of aliphatic carboxylic acids is 1. The van der Waals surface area contributed by atoms with Crippen molar-refractivity contribution in [2.45, 2.75) is 70.6 Å². The Morgan fingerprint density at radius 2 is 2.04 bits per heavy atom. The van der Waals surface area contributed by atoms with Gasteiger partial charge < -0.3 is 5.11 Å². The first kappa shape index (κ1) is 20.0. The van der Waals surface area contributed by atoms with Gasteiger partial charge in [-0.05, 0) is 74.3 Å². The van der Waals surface area contributed by atoms with Crippen LogP contribution >= 0.6 is 0 Å². The number of hydrogen-bond donors (Lipinski definition) is 1. The van der Waals surface area contributed by atoms with Gasteiger partial charge in [-0.1, -0.05) is 31.6 Å². The zero-order valence-corrected chi connectivity index (χ0v) is 16.1. The monoisotopic (exact) mass is 376 g/mol. The smallest absolute Gasteiger partial charge is 0.307 e. The Labute approximate surface area is 160 Å². The van der Waals surface area contributed by atoms with Crippen LogP contribution in [0.15, 0.2) is 30.4 Å². The minimum atomic E-state index is -0.910. The number of rotatable bonds is 9. The number of carboxylic acids is 1. The Balaban J connectivity index is 1.74. The Kier molecular flexibility index (Phi) is 6.33. The molecule has 1 aromatic carbocycles. The third-order valence-corrected chi connectivity index (χ3v) is 6.76. The van der Waals surface area contributed by atoms with Crippen molar-refractivity contribution < 1.29 is 18.7 Å². The lowest BCUT2D eigenvalue weighted by Crippen LogP contribution is -2.23. The van der Waals surface area contributed by atoms with Crippen LogP contribution in [0.3, 0.4) is 0 Å². The molecule has 2 aliphatic carbocycles. The third-order valence-electron chi connectivity index (χ3n) is 6.76. The van der Waals surface area contributed by atoms with E-state index < -0.39 is 29.4 Å². The van der Waals surface area contributed by atoms with Crippen LogP contribution in [0.25, 0.3) is 0 Å². The lowest BCUT2D eigenvalue weighted by molar-refractivity contribution is -0.142. The molecule has 4 heteroatoms. The number of halogens is 2. The van der Waals surface area contributed by atoms with E-state index >= 15 is 0 Å². The molecule has 2 unspecified atom stereocenters. The van der Waals surface area contributed by atoms with Crippen molar-refractivity contribution in [3.8, 4) is 0 Å². The van der Waals surface area contributed by atoms with Crippen LogP contribution in [0.5, 0.6) is 0 Å². The zero-order valence-electron chi connectivity index (χ0n) is 16.1. The predicted octanol–water partition coefficient (Wildman–Crippen LogP) is 6.47. The molecule has 2 bridgehead atoms. The standard InChI is InChI=1S/C23H30F2O2/c1-2-5-20(22(26)27)18(19-8-7-17(24)14-21(19)25)6-3-4-11-23-12-9-16(15-23)10-13-23/h3-4,7-8,14,16,18,20H,2,5-6,9-13,15H2,1H3,(H,26,27). The molecule has 0 radical (unpaired) electrons. The van der Waals surface area contributed by atoms with E-state index in [1.54, 1.807) is 0 Å². The minimum absolute atomic E-state index is 0.307. The number of benzene rings is 1. The largest absolute Gasteiger partial charge is 0.481 e. The molecule has 2 fully saturated rings. The minimum Gasteiger partial charge on any atom is -0.481 e. The predicted molar refractivity (Wildman–Crippen MR) is 103 cm³/mol. The maximum Gasteiger partial charge on any atom is 0.307 e. The van der Waals surface area contributed by atoms with Crippen molar-refractivity contribution in [1.82, 2.24) is 0 Å². The fourth-order valence-electron chi connectivity index (χ4n) is 5.29. The Morgan fingerprint density at radius 1 is 1.30 bits per heavy atom. The molecule has 1 N–H and O–H groups in total. The highest BCUT2D eigenvalue weighted by molar-refractivity contribution is 5.71. The summed E-state index contributed by atoms with van der Waals surface area (Å²) >= 11 is 0. The highest BCUT2D eigenvalue weighted by Crippen LogP contribution is 2.56. The van der Waals surface area contributed by atoms with Gasteiger partial charge in [-0.2, -0.15) is 0 Å². The van der Waals surface area contributed by atoms with Crippen LogP contribution < -0.4 is 0 Å². The number of carboxylic acid groups (broad SMARTS) is 1. The molecule has 3 rings (SSSR count). The molecule has 148 valence electrons. The van der Waals surface area contributed by atoms with Gasteiger partial charge in [-0.15, -0.1) is 0 Å². The average Bonchev–Trinajstić information content (AvgIpc) is 3.22. The van der Waals surface area contributed by atoms with Gasteiger partial charge in [-0.3, -0.25) is 4.79 Å². The number of allylic oxidation sites excluding steroid dienone is 2. The summed E-state index contributed by atoms with van der Waals surface area (Å²) in [7, 11) is 0. The van der Waals surface area contributed by atoms with E-state index in [-0.39, 0.29) is 0 Å². The lowest BCUT2D eigenvalue weighted by atomic mass is 9.79. The molecule has 2 saturated carbocycles. The van der Waals surface area contributed by atoms with Crippen molar-refractivity contribution in [2.75, 3.05) is 0 Å². The van der Waals surface area contributed by atoms with Crippen LogP contribution in [-0.4, -0.2) is 11.1 Å². The van der Waals surface area contributed by atoms with E-state index in [0.717, 1.165) is 18.4 Å². The van der Waals surface area contributed by atoms with Gasteiger partial charge in [0.2, 0.25) is 0 Å². The van der Waals surface area contributed by atoms with Gasteiger partial charge in [0, 0.05) is 12.0 Å². The summed E-state index contributed by atoms with van der Waals surface area (Å²) in [4.78, 5) is 11.8. The Bertz CT molecular complexity index is 690. The second-order valence-corrected chi connectivity index (χ2v) is 8.56. The topological polar surface area (TPSA) is 37.3 Å². The van der Waals surface area contributed by atoms with E-state index in [0.29, 0.717) is 30.2 Å². The molecule has 0 amide bonds. The molecule has 0 aromatic heterocycles. The van der Waals surface area contributed by atoms with Crippen molar-refractivity contribution in [1.29, 1.82) is 0 Å². The fourth-order valence-corrected chi connectivity index (χ4v) is 5.29. The number of hydrogen-bond acceptors (Lipinski definition) is 1. The molecule has 2 aliphatic rings. The first-order valence-corrected chi connectivity index (χ1v) is 10.3. The van der Waals surface area contributed by atoms with Crippen LogP contribution in [0.1, 0.15) is 76.2 Å². The maximum absolute atomic E-state index is 14.4. The van der Waals surface area contributed by atoms with E-state index in [2.05, 4.69) is 6.08 Å². The lowest BCUT2D eigenvalue weighted by Gasteiger charge is -2.25. The fraction of sp³-hybridized carbons (Fsp3) is 0.609. The van der Waals surface area contributed by atoms with Gasteiger partial charge in [0.05, 0.1) is 5.92 Å². The Morgan fingerprint density at radius 3 is 2.59 bits per heavy atom. The molecular formula is C23H30F2O2. The summed E-state index contributed by atoms with van der Waals surface area (Å²) in [5.41, 5.74) is 0.759. The Hall–Kier alpha value is -1.71. The summed E-state index contributed by atoms with van der Waals surface area (Å²) in [6, 6.07) is 3.48. The van der Waals surface area contributed by atoms with Gasteiger partial charge in [0.25, 0.3) is 0 Å². The first-order valence-electron chi connectivity index (χ1n) is 10.3. The summed E-state index contributed by atoms with van der Waals surface area (Å²) in [6.07, 6.45) is 13.5. The van der Waals surface area contributed by atoms with Crippen LogP contribution in [0.4, 0.5) is 8.78 Å². The van der Waals surface area contributed by atoms with Crippen molar-refractivity contribution >= 4 is 5.97 Å². The maximum atomic E-state index is 14.4.